The third-order valence-corrected chi connectivity index (χ3v) is 5.17. The molecule has 104 valence electrons. The van der Waals surface area contributed by atoms with Gasteiger partial charge in [0.05, 0.1) is 10.6 Å². The van der Waals surface area contributed by atoms with Crippen LogP contribution in [0.3, 0.4) is 0 Å². The number of carbonyl (C=O) groups is 1. The predicted octanol–water partition coefficient (Wildman–Crippen LogP) is 1.60. The third kappa shape index (κ3) is 3.56. The molecule has 0 unspecified atom stereocenters. The average molecular weight is 281 g/mol. The highest BCUT2D eigenvalue weighted by molar-refractivity contribution is 7.91. The van der Waals surface area contributed by atoms with E-state index in [0.717, 1.165) is 24.0 Å². The third-order valence-electron chi connectivity index (χ3n) is 3.46. The van der Waals surface area contributed by atoms with E-state index in [-0.39, 0.29) is 24.1 Å². The summed E-state index contributed by atoms with van der Waals surface area (Å²) < 4.78 is 24.2. The van der Waals surface area contributed by atoms with Crippen LogP contribution in [0.2, 0.25) is 0 Å². The number of carbonyl (C=O) groups excluding carboxylic acids is 1. The maximum atomic E-state index is 12.1. The Morgan fingerprint density at radius 3 is 2.53 bits per heavy atom. The second-order valence-electron chi connectivity index (χ2n) is 5.13. The van der Waals surface area contributed by atoms with Gasteiger partial charge in [0.25, 0.3) is 0 Å². The first-order valence-corrected chi connectivity index (χ1v) is 8.13. The molecule has 0 aliphatic heterocycles. The molecule has 0 saturated heterocycles. The molecule has 0 spiro atoms. The molecule has 2 rings (SSSR count). The molecule has 1 aliphatic rings. The molecule has 1 amide bonds. The Morgan fingerprint density at radius 2 is 1.95 bits per heavy atom. The van der Waals surface area contributed by atoms with Crippen LogP contribution in [0, 0.1) is 19.8 Å². The zero-order chi connectivity index (χ0) is 14.0. The molecule has 1 saturated carbocycles. The second kappa shape index (κ2) is 5.33. The summed E-state index contributed by atoms with van der Waals surface area (Å²) >= 11 is 0. The predicted molar refractivity (Wildman–Crippen MR) is 73.7 cm³/mol. The molecular formula is C14H19NO3S. The van der Waals surface area contributed by atoms with Crippen molar-refractivity contribution in [3.63, 3.8) is 0 Å². The van der Waals surface area contributed by atoms with Crippen molar-refractivity contribution in [1.29, 1.82) is 0 Å². The summed E-state index contributed by atoms with van der Waals surface area (Å²) in [5, 5.41) is 2.68. The Hall–Kier alpha value is -1.36. The number of hydrogen-bond acceptors (Lipinski definition) is 3. The molecule has 1 aliphatic carbocycles. The van der Waals surface area contributed by atoms with Gasteiger partial charge in [-0.1, -0.05) is 6.07 Å². The smallest absolute Gasteiger partial charge is 0.223 e. The summed E-state index contributed by atoms with van der Waals surface area (Å²) in [7, 11) is -3.32. The topological polar surface area (TPSA) is 63.2 Å². The van der Waals surface area contributed by atoms with Gasteiger partial charge in [-0.3, -0.25) is 4.79 Å². The number of aryl methyl sites for hydroxylation is 2. The highest BCUT2D eigenvalue weighted by atomic mass is 32.2. The first kappa shape index (κ1) is 14.1. The molecule has 0 aromatic heterocycles. The lowest BCUT2D eigenvalue weighted by Crippen LogP contribution is -2.30. The van der Waals surface area contributed by atoms with Crippen LogP contribution in [0.15, 0.2) is 23.1 Å². The van der Waals surface area contributed by atoms with Gasteiger partial charge < -0.3 is 5.32 Å². The molecule has 1 N–H and O–H groups in total. The minimum Gasteiger partial charge on any atom is -0.355 e. The van der Waals surface area contributed by atoms with Crippen molar-refractivity contribution in [1.82, 2.24) is 5.32 Å². The van der Waals surface area contributed by atoms with Crippen LogP contribution >= 0.6 is 0 Å². The average Bonchev–Trinajstić information content (AvgIpc) is 3.16. The van der Waals surface area contributed by atoms with Crippen molar-refractivity contribution in [3.05, 3.63) is 29.3 Å². The summed E-state index contributed by atoms with van der Waals surface area (Å²) in [6.07, 6.45) is 1.85. The van der Waals surface area contributed by atoms with E-state index in [4.69, 9.17) is 0 Å². The minimum atomic E-state index is -3.32. The summed E-state index contributed by atoms with van der Waals surface area (Å²) in [6, 6.07) is 5.12. The van der Waals surface area contributed by atoms with E-state index >= 15 is 0 Å². The van der Waals surface area contributed by atoms with Gasteiger partial charge in [0, 0.05) is 12.5 Å². The van der Waals surface area contributed by atoms with Crippen molar-refractivity contribution < 1.29 is 13.2 Å². The van der Waals surface area contributed by atoms with Gasteiger partial charge in [0.1, 0.15) is 0 Å². The van der Waals surface area contributed by atoms with Crippen molar-refractivity contribution in [2.45, 2.75) is 31.6 Å². The molecule has 4 nitrogen and oxygen atoms in total. The van der Waals surface area contributed by atoms with Crippen molar-refractivity contribution in [3.8, 4) is 0 Å². The Kier molecular flexibility index (Phi) is 3.94. The van der Waals surface area contributed by atoms with E-state index in [1.165, 1.54) is 0 Å². The number of nitrogens with one attached hydrogen (secondary N) is 1. The lowest BCUT2D eigenvalue weighted by atomic mass is 10.1. The molecule has 0 atom stereocenters. The lowest BCUT2D eigenvalue weighted by Gasteiger charge is -2.08. The normalized spacial score (nSPS) is 15.3. The molecule has 1 aromatic rings. The summed E-state index contributed by atoms with van der Waals surface area (Å²) in [5.41, 5.74) is 2.03. The zero-order valence-electron chi connectivity index (χ0n) is 11.3. The van der Waals surface area contributed by atoms with Gasteiger partial charge in [0.15, 0.2) is 9.84 Å². The molecule has 19 heavy (non-hydrogen) atoms. The molecular weight excluding hydrogens is 262 g/mol. The van der Waals surface area contributed by atoms with E-state index in [2.05, 4.69) is 5.32 Å². The largest absolute Gasteiger partial charge is 0.355 e. The fourth-order valence-corrected chi connectivity index (χ4v) is 3.06. The van der Waals surface area contributed by atoms with Crippen molar-refractivity contribution in [2.75, 3.05) is 12.3 Å². The van der Waals surface area contributed by atoms with Gasteiger partial charge >= 0.3 is 0 Å². The fraction of sp³-hybridized carbons (Fsp3) is 0.500. The van der Waals surface area contributed by atoms with E-state index in [1.54, 1.807) is 12.1 Å². The van der Waals surface area contributed by atoms with Crippen LogP contribution in [-0.4, -0.2) is 26.6 Å². The second-order valence-corrected chi connectivity index (χ2v) is 7.24. The lowest BCUT2D eigenvalue weighted by molar-refractivity contribution is -0.122. The van der Waals surface area contributed by atoms with E-state index in [0.29, 0.717) is 4.90 Å². The van der Waals surface area contributed by atoms with Gasteiger partial charge in [-0.2, -0.15) is 0 Å². The number of sulfone groups is 1. The van der Waals surface area contributed by atoms with Gasteiger partial charge in [0.2, 0.25) is 5.91 Å². The van der Waals surface area contributed by atoms with Crippen LogP contribution in [-0.2, 0) is 14.6 Å². The van der Waals surface area contributed by atoms with Crippen LogP contribution in [0.1, 0.15) is 24.0 Å². The number of hydrogen-bond donors (Lipinski definition) is 1. The monoisotopic (exact) mass is 281 g/mol. The Bertz CT molecular complexity index is 589. The molecule has 1 aromatic carbocycles. The fourth-order valence-electron chi connectivity index (χ4n) is 1.82. The molecule has 0 radical (unpaired) electrons. The quantitative estimate of drug-likeness (QED) is 0.891. The van der Waals surface area contributed by atoms with Crippen molar-refractivity contribution in [2.24, 2.45) is 5.92 Å². The van der Waals surface area contributed by atoms with Crippen molar-refractivity contribution >= 4 is 15.7 Å². The first-order chi connectivity index (χ1) is 8.90. The van der Waals surface area contributed by atoms with Crippen LogP contribution < -0.4 is 5.32 Å². The van der Waals surface area contributed by atoms with Crippen LogP contribution in [0.5, 0.6) is 0 Å². The molecule has 1 fully saturated rings. The maximum Gasteiger partial charge on any atom is 0.223 e. The summed E-state index contributed by atoms with van der Waals surface area (Å²) in [4.78, 5) is 11.8. The van der Waals surface area contributed by atoms with Gasteiger partial charge in [-0.15, -0.1) is 0 Å². The summed E-state index contributed by atoms with van der Waals surface area (Å²) in [6.45, 7) is 4.02. The zero-order valence-corrected chi connectivity index (χ0v) is 12.1. The van der Waals surface area contributed by atoms with Gasteiger partial charge in [-0.25, -0.2) is 8.42 Å². The Labute approximate surface area is 114 Å². The highest BCUT2D eigenvalue weighted by Gasteiger charge is 2.29. The standard InChI is InChI=1S/C14H19NO3S/c1-10-3-6-13(9-11(10)2)19(17,18)8-7-15-14(16)12-4-5-12/h3,6,9,12H,4-5,7-8H2,1-2H3,(H,15,16). The maximum absolute atomic E-state index is 12.1. The molecule has 0 bridgehead atoms. The molecule has 5 heteroatoms. The highest BCUT2D eigenvalue weighted by Crippen LogP contribution is 2.28. The van der Waals surface area contributed by atoms with E-state index in [9.17, 15) is 13.2 Å². The minimum absolute atomic E-state index is 0.0183. The number of benzene rings is 1. The summed E-state index contributed by atoms with van der Waals surface area (Å²) in [5.74, 6) is 0.0492. The van der Waals surface area contributed by atoms with E-state index in [1.807, 2.05) is 19.9 Å². The SMILES string of the molecule is Cc1ccc(S(=O)(=O)CCNC(=O)C2CC2)cc1C. The Morgan fingerprint density at radius 1 is 1.26 bits per heavy atom. The first-order valence-electron chi connectivity index (χ1n) is 6.48. The Balaban J connectivity index is 1.97. The number of amides is 1. The number of rotatable bonds is 5. The van der Waals surface area contributed by atoms with Crippen LogP contribution in [0.25, 0.3) is 0 Å². The molecule has 0 heterocycles. The van der Waals surface area contributed by atoms with Crippen LogP contribution in [0.4, 0.5) is 0 Å². The van der Waals surface area contributed by atoms with E-state index < -0.39 is 9.84 Å². The van der Waals surface area contributed by atoms with Gasteiger partial charge in [-0.05, 0) is 49.9 Å².